The molecular weight excluding hydrogens is 514 g/mol. The van der Waals surface area contributed by atoms with Crippen molar-refractivity contribution in [2.45, 2.75) is 63.6 Å². The first kappa shape index (κ1) is 29.5. The van der Waals surface area contributed by atoms with E-state index in [0.717, 1.165) is 49.8 Å². The summed E-state index contributed by atoms with van der Waals surface area (Å²) in [5, 5.41) is 8.22. The van der Waals surface area contributed by atoms with Crippen molar-refractivity contribution in [3.63, 3.8) is 0 Å². The zero-order chi connectivity index (χ0) is 26.5. The second kappa shape index (κ2) is 13.2. The van der Waals surface area contributed by atoms with Crippen LogP contribution in [0.25, 0.3) is 0 Å². The second-order valence-electron chi connectivity index (χ2n) is 9.86. The SMILES string of the molecule is CN[C@@H](C)C(=O)N[C@H](C(=O)N1CCc2ccccc2[C@H]1C(=O)Nc1c(F)cccc1F)C1CCCCC1.Cl. The van der Waals surface area contributed by atoms with E-state index in [1.54, 1.807) is 26.1 Å². The monoisotopic (exact) mass is 548 g/mol. The lowest BCUT2D eigenvalue weighted by atomic mass is 9.82. The van der Waals surface area contributed by atoms with Crippen LogP contribution in [0.3, 0.4) is 0 Å². The molecular formula is C28H35ClF2N4O3. The number of para-hydroxylation sites is 1. The molecule has 1 heterocycles. The van der Waals surface area contributed by atoms with Gasteiger partial charge in [0.25, 0.3) is 5.91 Å². The van der Waals surface area contributed by atoms with Crippen LogP contribution >= 0.6 is 12.4 Å². The average Bonchev–Trinajstić information content (AvgIpc) is 2.92. The third-order valence-electron chi connectivity index (χ3n) is 7.54. The topological polar surface area (TPSA) is 90.5 Å². The lowest BCUT2D eigenvalue weighted by molar-refractivity contribution is -0.144. The van der Waals surface area contributed by atoms with Crippen molar-refractivity contribution in [1.29, 1.82) is 0 Å². The van der Waals surface area contributed by atoms with Crippen molar-refractivity contribution in [3.8, 4) is 0 Å². The van der Waals surface area contributed by atoms with E-state index in [-0.39, 0.29) is 36.7 Å². The first-order valence-electron chi connectivity index (χ1n) is 12.9. The van der Waals surface area contributed by atoms with Crippen molar-refractivity contribution in [3.05, 3.63) is 65.2 Å². The molecule has 3 atom stereocenters. The van der Waals surface area contributed by atoms with Crippen LogP contribution < -0.4 is 16.0 Å². The maximum atomic E-state index is 14.4. The Hall–Kier alpha value is -3.04. The van der Waals surface area contributed by atoms with Gasteiger partial charge in [-0.1, -0.05) is 49.6 Å². The lowest BCUT2D eigenvalue weighted by Crippen LogP contribution is -2.58. The minimum Gasteiger partial charge on any atom is -0.343 e. The third kappa shape index (κ3) is 6.32. The number of benzene rings is 2. The number of anilines is 1. The molecule has 206 valence electrons. The fourth-order valence-electron chi connectivity index (χ4n) is 5.33. The number of nitrogens with zero attached hydrogens (tertiary/aromatic N) is 1. The molecule has 4 rings (SSSR count). The number of carbonyl (C=O) groups is 3. The van der Waals surface area contributed by atoms with Gasteiger partial charge >= 0.3 is 0 Å². The number of fused-ring (bicyclic) bond motifs is 1. The van der Waals surface area contributed by atoms with Crippen LogP contribution in [0.5, 0.6) is 0 Å². The van der Waals surface area contributed by atoms with Gasteiger partial charge in [-0.05, 0) is 62.4 Å². The lowest BCUT2D eigenvalue weighted by Gasteiger charge is -2.40. The van der Waals surface area contributed by atoms with Gasteiger partial charge in [-0.25, -0.2) is 8.78 Å². The number of nitrogens with one attached hydrogen (secondary N) is 3. The van der Waals surface area contributed by atoms with Crippen molar-refractivity contribution in [2.75, 3.05) is 18.9 Å². The predicted molar refractivity (Wildman–Crippen MR) is 144 cm³/mol. The van der Waals surface area contributed by atoms with E-state index in [9.17, 15) is 23.2 Å². The van der Waals surface area contributed by atoms with Gasteiger partial charge in [0.05, 0.1) is 6.04 Å². The van der Waals surface area contributed by atoms with Crippen molar-refractivity contribution < 1.29 is 23.2 Å². The van der Waals surface area contributed by atoms with Crippen molar-refractivity contribution in [2.24, 2.45) is 5.92 Å². The average molecular weight is 549 g/mol. The third-order valence-corrected chi connectivity index (χ3v) is 7.54. The molecule has 2 aliphatic rings. The van der Waals surface area contributed by atoms with Gasteiger partial charge < -0.3 is 20.9 Å². The molecule has 2 aromatic carbocycles. The number of carbonyl (C=O) groups excluding carboxylic acids is 3. The Balaban J connectivity index is 0.00000400. The van der Waals surface area contributed by atoms with Gasteiger partial charge in [0.2, 0.25) is 11.8 Å². The number of halogens is 3. The van der Waals surface area contributed by atoms with E-state index < -0.39 is 41.4 Å². The van der Waals surface area contributed by atoms with Crippen LogP contribution in [0, 0.1) is 17.6 Å². The van der Waals surface area contributed by atoms with E-state index in [0.29, 0.717) is 12.0 Å². The molecule has 0 aromatic heterocycles. The highest BCUT2D eigenvalue weighted by Gasteiger charge is 2.42. The number of hydrogen-bond acceptors (Lipinski definition) is 4. The first-order valence-corrected chi connectivity index (χ1v) is 12.9. The second-order valence-corrected chi connectivity index (χ2v) is 9.86. The highest BCUT2D eigenvalue weighted by Crippen LogP contribution is 2.34. The normalized spacial score (nSPS) is 18.9. The summed E-state index contributed by atoms with van der Waals surface area (Å²) in [5.41, 5.74) is 0.944. The molecule has 3 amide bonds. The molecule has 0 radical (unpaired) electrons. The quantitative estimate of drug-likeness (QED) is 0.485. The molecule has 0 saturated heterocycles. The minimum absolute atomic E-state index is 0. The first-order chi connectivity index (χ1) is 17.8. The van der Waals surface area contributed by atoms with Gasteiger partial charge in [0.1, 0.15) is 29.4 Å². The number of hydrogen-bond donors (Lipinski definition) is 3. The molecule has 1 saturated carbocycles. The molecule has 1 aliphatic heterocycles. The minimum atomic E-state index is -1.10. The van der Waals surface area contributed by atoms with Gasteiger partial charge in [0.15, 0.2) is 0 Å². The van der Waals surface area contributed by atoms with Gasteiger partial charge in [0, 0.05) is 6.54 Å². The fourth-order valence-corrected chi connectivity index (χ4v) is 5.33. The Morgan fingerprint density at radius 2 is 1.63 bits per heavy atom. The van der Waals surface area contributed by atoms with Crippen LogP contribution in [0.2, 0.25) is 0 Å². The maximum absolute atomic E-state index is 14.4. The smallest absolute Gasteiger partial charge is 0.251 e. The van der Waals surface area contributed by atoms with Gasteiger partial charge in [-0.2, -0.15) is 0 Å². The molecule has 10 heteroatoms. The fraction of sp³-hybridized carbons (Fsp3) is 0.464. The van der Waals surface area contributed by atoms with Crippen LogP contribution in [-0.4, -0.2) is 48.3 Å². The van der Waals surface area contributed by atoms with Crippen molar-refractivity contribution in [1.82, 2.24) is 15.5 Å². The Morgan fingerprint density at radius 1 is 0.974 bits per heavy atom. The summed E-state index contributed by atoms with van der Waals surface area (Å²) in [6.45, 7) is 1.96. The standard InChI is InChI=1S/C28H34F2N4O3.ClH/c1-17(31-2)26(35)32-23(19-10-4-3-5-11-19)28(37)34-16-15-18-9-6-7-12-20(18)25(34)27(36)33-24-21(29)13-8-14-22(24)30;/h6-9,12-14,17,19,23,25,31H,3-5,10-11,15-16H2,1-2H3,(H,32,35)(H,33,36);1H/t17-,23-,25-;/m0./s1. The highest BCUT2D eigenvalue weighted by atomic mass is 35.5. The summed E-state index contributed by atoms with van der Waals surface area (Å²) in [6.07, 6.45) is 5.13. The Labute approximate surface area is 228 Å². The van der Waals surface area contributed by atoms with Crippen molar-refractivity contribution >= 4 is 35.8 Å². The molecule has 1 aliphatic carbocycles. The number of rotatable bonds is 7. The molecule has 3 N–H and O–H groups in total. The predicted octanol–water partition coefficient (Wildman–Crippen LogP) is 4.12. The van der Waals surface area contributed by atoms with E-state index in [4.69, 9.17) is 0 Å². The number of likely N-dealkylation sites (N-methyl/N-ethyl adjacent to an activating group) is 1. The molecule has 2 aromatic rings. The summed E-state index contributed by atoms with van der Waals surface area (Å²) in [4.78, 5) is 42.0. The van der Waals surface area contributed by atoms with E-state index in [2.05, 4.69) is 16.0 Å². The molecule has 0 bridgehead atoms. The molecule has 0 unspecified atom stereocenters. The number of amides is 3. The molecule has 1 fully saturated rings. The Bertz CT molecular complexity index is 1140. The largest absolute Gasteiger partial charge is 0.343 e. The van der Waals surface area contributed by atoms with Gasteiger partial charge in [-0.3, -0.25) is 14.4 Å². The highest BCUT2D eigenvalue weighted by molar-refractivity contribution is 6.00. The molecule has 0 spiro atoms. The Kier molecular flexibility index (Phi) is 10.2. The van der Waals surface area contributed by atoms with Crippen LogP contribution in [0.1, 0.15) is 56.2 Å². The maximum Gasteiger partial charge on any atom is 0.251 e. The zero-order valence-electron chi connectivity index (χ0n) is 21.6. The summed E-state index contributed by atoms with van der Waals surface area (Å²) in [6, 6.07) is 8.22. The summed E-state index contributed by atoms with van der Waals surface area (Å²) < 4.78 is 28.7. The van der Waals surface area contributed by atoms with E-state index in [1.165, 1.54) is 11.0 Å². The zero-order valence-corrected chi connectivity index (χ0v) is 22.5. The van der Waals surface area contributed by atoms with E-state index >= 15 is 0 Å². The van der Waals surface area contributed by atoms with Crippen LogP contribution in [0.15, 0.2) is 42.5 Å². The van der Waals surface area contributed by atoms with Gasteiger partial charge in [-0.15, -0.1) is 12.4 Å². The molecule has 38 heavy (non-hydrogen) atoms. The Morgan fingerprint density at radius 3 is 2.29 bits per heavy atom. The summed E-state index contributed by atoms with van der Waals surface area (Å²) in [5.74, 6) is -3.21. The van der Waals surface area contributed by atoms with E-state index in [1.807, 2.05) is 12.1 Å². The van der Waals surface area contributed by atoms with Crippen LogP contribution in [-0.2, 0) is 20.8 Å². The molecule has 7 nitrogen and oxygen atoms in total. The summed E-state index contributed by atoms with van der Waals surface area (Å²) in [7, 11) is 1.67. The van der Waals surface area contributed by atoms with Crippen LogP contribution in [0.4, 0.5) is 14.5 Å². The summed E-state index contributed by atoms with van der Waals surface area (Å²) >= 11 is 0.